The number of hydrogen-bond acceptors (Lipinski definition) is 4. The van der Waals surface area contributed by atoms with Gasteiger partial charge in [-0.25, -0.2) is 0 Å². The molecule has 0 atom stereocenters. The van der Waals surface area contributed by atoms with Gasteiger partial charge < -0.3 is 4.74 Å². The van der Waals surface area contributed by atoms with Gasteiger partial charge in [0.1, 0.15) is 12.4 Å². The van der Waals surface area contributed by atoms with E-state index in [1.54, 1.807) is 35.4 Å². The normalized spacial score (nSPS) is 10.5. The Kier molecular flexibility index (Phi) is 4.74. The standard InChI is InChI=1S/C22H17N3O2/c26-22-14-19(27-16-18-7-3-4-12-24-18)10-13-25(22)21-9-2-1-8-20(21)17-6-5-11-23-15-17/h1-15H,16H2. The van der Waals surface area contributed by atoms with Gasteiger partial charge in [-0.1, -0.05) is 30.3 Å². The lowest BCUT2D eigenvalue weighted by Crippen LogP contribution is -2.17. The second kappa shape index (κ2) is 7.66. The lowest BCUT2D eigenvalue weighted by Gasteiger charge is -2.13. The molecule has 0 saturated heterocycles. The molecule has 0 N–H and O–H groups in total. The molecule has 0 aliphatic rings. The Morgan fingerprint density at radius 1 is 0.926 bits per heavy atom. The van der Waals surface area contributed by atoms with E-state index in [1.807, 2.05) is 54.6 Å². The maximum atomic E-state index is 12.7. The molecule has 0 amide bonds. The van der Waals surface area contributed by atoms with Crippen molar-refractivity contribution in [3.05, 3.63) is 108 Å². The maximum absolute atomic E-state index is 12.7. The molecule has 0 spiro atoms. The zero-order valence-electron chi connectivity index (χ0n) is 14.5. The van der Waals surface area contributed by atoms with Crippen LogP contribution in [-0.2, 0) is 6.61 Å². The summed E-state index contributed by atoms with van der Waals surface area (Å²) in [7, 11) is 0. The predicted molar refractivity (Wildman–Crippen MR) is 104 cm³/mol. The Morgan fingerprint density at radius 2 is 1.81 bits per heavy atom. The van der Waals surface area contributed by atoms with Gasteiger partial charge in [-0.2, -0.15) is 0 Å². The van der Waals surface area contributed by atoms with Crippen molar-refractivity contribution in [2.45, 2.75) is 6.61 Å². The lowest BCUT2D eigenvalue weighted by molar-refractivity contribution is 0.300. The smallest absolute Gasteiger partial charge is 0.258 e. The Hall–Kier alpha value is -3.73. The molecule has 0 radical (unpaired) electrons. The van der Waals surface area contributed by atoms with Crippen LogP contribution >= 0.6 is 0 Å². The fourth-order valence-corrected chi connectivity index (χ4v) is 2.84. The summed E-state index contributed by atoms with van der Waals surface area (Å²) in [4.78, 5) is 21.1. The summed E-state index contributed by atoms with van der Waals surface area (Å²) < 4.78 is 7.30. The average molecular weight is 355 g/mol. The molecule has 3 heterocycles. The van der Waals surface area contributed by atoms with Crippen molar-refractivity contribution in [1.29, 1.82) is 0 Å². The van der Waals surface area contributed by atoms with E-state index in [0.29, 0.717) is 12.4 Å². The largest absolute Gasteiger partial charge is 0.487 e. The maximum Gasteiger partial charge on any atom is 0.258 e. The summed E-state index contributed by atoms with van der Waals surface area (Å²) in [5.41, 5.74) is 3.34. The Bertz CT molecular complexity index is 1090. The molecule has 0 fully saturated rings. The number of nitrogens with zero attached hydrogens (tertiary/aromatic N) is 3. The topological polar surface area (TPSA) is 57.0 Å². The van der Waals surface area contributed by atoms with Crippen LogP contribution < -0.4 is 10.3 Å². The summed E-state index contributed by atoms with van der Waals surface area (Å²) in [6.45, 7) is 0.316. The average Bonchev–Trinajstić information content (AvgIpc) is 2.74. The summed E-state index contributed by atoms with van der Waals surface area (Å²) in [5, 5.41) is 0. The third-order valence-electron chi connectivity index (χ3n) is 4.14. The molecule has 5 nitrogen and oxygen atoms in total. The minimum atomic E-state index is -0.162. The molecule has 5 heteroatoms. The third kappa shape index (κ3) is 3.77. The molecular weight excluding hydrogens is 338 g/mol. The SMILES string of the molecule is O=c1cc(OCc2ccccn2)ccn1-c1ccccc1-c1cccnc1. The van der Waals surface area contributed by atoms with Gasteiger partial charge in [-0.05, 0) is 30.3 Å². The van der Waals surface area contributed by atoms with E-state index >= 15 is 0 Å². The van der Waals surface area contributed by atoms with Crippen molar-refractivity contribution in [3.8, 4) is 22.6 Å². The quantitative estimate of drug-likeness (QED) is 0.545. The zero-order chi connectivity index (χ0) is 18.5. The van der Waals surface area contributed by atoms with Crippen LogP contribution in [0, 0.1) is 0 Å². The van der Waals surface area contributed by atoms with Crippen LogP contribution in [0.5, 0.6) is 5.75 Å². The molecule has 0 bridgehead atoms. The highest BCUT2D eigenvalue weighted by atomic mass is 16.5. The molecular formula is C22H17N3O2. The first kappa shape index (κ1) is 16.7. The molecule has 0 aliphatic carbocycles. The van der Waals surface area contributed by atoms with E-state index < -0.39 is 0 Å². The first-order valence-electron chi connectivity index (χ1n) is 8.56. The van der Waals surface area contributed by atoms with Crippen molar-refractivity contribution in [2.75, 3.05) is 0 Å². The molecule has 1 aromatic carbocycles. The van der Waals surface area contributed by atoms with E-state index in [0.717, 1.165) is 22.5 Å². The monoisotopic (exact) mass is 355 g/mol. The van der Waals surface area contributed by atoms with Crippen molar-refractivity contribution < 1.29 is 4.74 Å². The second-order valence-corrected chi connectivity index (χ2v) is 5.94. The minimum Gasteiger partial charge on any atom is -0.487 e. The number of ether oxygens (including phenoxy) is 1. The number of benzene rings is 1. The van der Waals surface area contributed by atoms with Gasteiger partial charge >= 0.3 is 0 Å². The molecule has 4 aromatic rings. The highest BCUT2D eigenvalue weighted by Crippen LogP contribution is 2.25. The predicted octanol–water partition coefficient (Wildman–Crippen LogP) is 3.87. The minimum absolute atomic E-state index is 0.162. The lowest BCUT2D eigenvalue weighted by atomic mass is 10.1. The van der Waals surface area contributed by atoms with Crippen LogP contribution in [0.15, 0.2) is 96.3 Å². The van der Waals surface area contributed by atoms with Gasteiger partial charge in [0.15, 0.2) is 0 Å². The molecule has 0 saturated carbocycles. The molecule has 3 aromatic heterocycles. The molecule has 132 valence electrons. The first-order valence-corrected chi connectivity index (χ1v) is 8.56. The summed E-state index contributed by atoms with van der Waals surface area (Å²) in [6.07, 6.45) is 6.96. The van der Waals surface area contributed by atoms with Gasteiger partial charge in [0.2, 0.25) is 0 Å². The number of para-hydroxylation sites is 1. The molecule has 0 aliphatic heterocycles. The highest BCUT2D eigenvalue weighted by molar-refractivity contribution is 5.72. The van der Waals surface area contributed by atoms with E-state index in [9.17, 15) is 4.79 Å². The Morgan fingerprint density at radius 3 is 2.59 bits per heavy atom. The van der Waals surface area contributed by atoms with Crippen molar-refractivity contribution >= 4 is 0 Å². The van der Waals surface area contributed by atoms with Crippen LogP contribution in [0.25, 0.3) is 16.8 Å². The Labute approximate surface area is 156 Å². The first-order chi connectivity index (χ1) is 13.3. The van der Waals surface area contributed by atoms with Crippen LogP contribution in [0.1, 0.15) is 5.69 Å². The third-order valence-corrected chi connectivity index (χ3v) is 4.14. The van der Waals surface area contributed by atoms with Crippen molar-refractivity contribution in [1.82, 2.24) is 14.5 Å². The van der Waals surface area contributed by atoms with Gasteiger partial charge in [0, 0.05) is 42.0 Å². The number of hydrogen-bond donors (Lipinski definition) is 0. The highest BCUT2D eigenvalue weighted by Gasteiger charge is 2.09. The van der Waals surface area contributed by atoms with Crippen LogP contribution in [0.3, 0.4) is 0 Å². The van der Waals surface area contributed by atoms with Gasteiger partial charge in [-0.15, -0.1) is 0 Å². The van der Waals surface area contributed by atoms with Gasteiger partial charge in [0.05, 0.1) is 11.4 Å². The van der Waals surface area contributed by atoms with E-state index in [4.69, 9.17) is 4.74 Å². The van der Waals surface area contributed by atoms with Crippen LogP contribution in [0.4, 0.5) is 0 Å². The fourth-order valence-electron chi connectivity index (χ4n) is 2.84. The van der Waals surface area contributed by atoms with Gasteiger partial charge in [0.25, 0.3) is 5.56 Å². The number of rotatable bonds is 5. The van der Waals surface area contributed by atoms with E-state index in [-0.39, 0.29) is 5.56 Å². The summed E-state index contributed by atoms with van der Waals surface area (Å²) in [6, 6.07) is 20.5. The summed E-state index contributed by atoms with van der Waals surface area (Å²) in [5.74, 6) is 0.515. The van der Waals surface area contributed by atoms with Crippen LogP contribution in [0.2, 0.25) is 0 Å². The van der Waals surface area contributed by atoms with Gasteiger partial charge in [-0.3, -0.25) is 19.3 Å². The van der Waals surface area contributed by atoms with Crippen LogP contribution in [-0.4, -0.2) is 14.5 Å². The Balaban J connectivity index is 1.63. The molecule has 27 heavy (non-hydrogen) atoms. The fraction of sp³-hybridized carbons (Fsp3) is 0.0455. The number of aromatic nitrogens is 3. The summed E-state index contributed by atoms with van der Waals surface area (Å²) >= 11 is 0. The van der Waals surface area contributed by atoms with E-state index in [1.165, 1.54) is 6.07 Å². The second-order valence-electron chi connectivity index (χ2n) is 5.94. The zero-order valence-corrected chi connectivity index (χ0v) is 14.5. The van der Waals surface area contributed by atoms with Crippen molar-refractivity contribution in [2.24, 2.45) is 0 Å². The van der Waals surface area contributed by atoms with Crippen molar-refractivity contribution in [3.63, 3.8) is 0 Å². The molecule has 0 unspecified atom stereocenters. The number of pyridine rings is 3. The van der Waals surface area contributed by atoms with E-state index in [2.05, 4.69) is 9.97 Å². The molecule has 4 rings (SSSR count).